The van der Waals surface area contributed by atoms with Gasteiger partial charge in [0.2, 0.25) is 0 Å². The number of methoxy groups -OCH3 is 1. The van der Waals surface area contributed by atoms with Crippen LogP contribution in [0.5, 0.6) is 0 Å². The minimum Gasteiger partial charge on any atom is -0.465 e. The van der Waals surface area contributed by atoms with Gasteiger partial charge in [-0.3, -0.25) is 0 Å². The number of anilines is 1. The van der Waals surface area contributed by atoms with Gasteiger partial charge in [0, 0.05) is 15.5 Å². The molecule has 0 unspecified atom stereocenters. The van der Waals surface area contributed by atoms with Gasteiger partial charge in [-0.25, -0.2) is 4.79 Å². The molecule has 0 aliphatic carbocycles. The number of hydrogen-bond donors (Lipinski definition) is 1. The summed E-state index contributed by atoms with van der Waals surface area (Å²) in [6, 6.07) is 14.9. The number of carbonyl (C=O) groups excluding carboxylic acids is 1. The Kier molecular flexibility index (Phi) is 3.89. The molecule has 2 aromatic carbocycles. The van der Waals surface area contributed by atoms with Crippen LogP contribution in [-0.2, 0) is 4.74 Å². The van der Waals surface area contributed by atoms with E-state index >= 15 is 0 Å². The Hall–Kier alpha value is -1.94. The number of hydrogen-bond acceptors (Lipinski definition) is 4. The number of ether oxygens (including phenoxy) is 1. The van der Waals surface area contributed by atoms with Crippen molar-refractivity contribution >= 4 is 23.4 Å². The second-order valence-electron chi connectivity index (χ2n) is 3.66. The lowest BCUT2D eigenvalue weighted by atomic mass is 10.2. The topological polar surface area (TPSA) is 52.3 Å². The van der Waals surface area contributed by atoms with Gasteiger partial charge in [0.15, 0.2) is 0 Å². The lowest BCUT2D eigenvalue weighted by molar-refractivity contribution is 0.0597. The number of nitrogen functional groups attached to an aromatic ring is 1. The highest BCUT2D eigenvalue weighted by molar-refractivity contribution is 7.99. The third kappa shape index (κ3) is 2.84. The van der Waals surface area contributed by atoms with Crippen LogP contribution in [0.3, 0.4) is 0 Å². The van der Waals surface area contributed by atoms with Crippen molar-refractivity contribution in [1.82, 2.24) is 0 Å². The first-order chi connectivity index (χ1) is 8.70. The van der Waals surface area contributed by atoms with Gasteiger partial charge < -0.3 is 10.5 Å². The molecule has 4 heteroatoms. The Bertz CT molecular complexity index is 552. The molecule has 0 aromatic heterocycles. The predicted molar refractivity (Wildman–Crippen MR) is 72.8 cm³/mol. The molecule has 2 rings (SSSR count). The molecule has 0 amide bonds. The number of nitrogens with two attached hydrogens (primary N) is 1. The van der Waals surface area contributed by atoms with Gasteiger partial charge in [-0.05, 0) is 36.4 Å². The van der Waals surface area contributed by atoms with E-state index in [2.05, 4.69) is 0 Å². The summed E-state index contributed by atoms with van der Waals surface area (Å²) in [4.78, 5) is 13.5. The van der Waals surface area contributed by atoms with E-state index in [4.69, 9.17) is 10.5 Å². The van der Waals surface area contributed by atoms with Crippen molar-refractivity contribution in [2.75, 3.05) is 12.8 Å². The molecule has 0 heterocycles. The molecule has 0 aliphatic heterocycles. The maximum atomic E-state index is 11.6. The Morgan fingerprint density at radius 2 is 1.78 bits per heavy atom. The van der Waals surface area contributed by atoms with Crippen LogP contribution >= 0.6 is 11.8 Å². The van der Waals surface area contributed by atoms with Gasteiger partial charge in [-0.15, -0.1) is 0 Å². The largest absolute Gasteiger partial charge is 0.465 e. The smallest absolute Gasteiger partial charge is 0.339 e. The van der Waals surface area contributed by atoms with Crippen LogP contribution in [0.15, 0.2) is 58.3 Å². The third-order valence-electron chi connectivity index (χ3n) is 2.40. The zero-order valence-electron chi connectivity index (χ0n) is 9.92. The van der Waals surface area contributed by atoms with E-state index in [1.54, 1.807) is 6.07 Å². The maximum absolute atomic E-state index is 11.6. The van der Waals surface area contributed by atoms with Gasteiger partial charge in [0.05, 0.1) is 12.7 Å². The van der Waals surface area contributed by atoms with Crippen molar-refractivity contribution in [3.05, 3.63) is 54.1 Å². The second kappa shape index (κ2) is 5.60. The zero-order valence-corrected chi connectivity index (χ0v) is 10.7. The van der Waals surface area contributed by atoms with Crippen LogP contribution in [0, 0.1) is 0 Å². The minimum atomic E-state index is -0.325. The molecule has 0 spiro atoms. The summed E-state index contributed by atoms with van der Waals surface area (Å²) in [6.45, 7) is 0. The van der Waals surface area contributed by atoms with Crippen LogP contribution in [0.4, 0.5) is 5.69 Å². The lowest BCUT2D eigenvalue weighted by Crippen LogP contribution is -2.02. The van der Waals surface area contributed by atoms with Crippen molar-refractivity contribution in [2.24, 2.45) is 0 Å². The molecule has 18 heavy (non-hydrogen) atoms. The fourth-order valence-corrected chi connectivity index (χ4v) is 2.43. The lowest BCUT2D eigenvalue weighted by Gasteiger charge is -2.07. The summed E-state index contributed by atoms with van der Waals surface area (Å²) in [7, 11) is 1.38. The average Bonchev–Trinajstić information content (AvgIpc) is 2.41. The summed E-state index contributed by atoms with van der Waals surface area (Å²) in [6.07, 6.45) is 0. The van der Waals surface area contributed by atoms with Gasteiger partial charge in [0.1, 0.15) is 0 Å². The SMILES string of the molecule is COC(=O)c1ccccc1Sc1ccc(N)cc1. The number of benzene rings is 2. The Morgan fingerprint density at radius 3 is 2.44 bits per heavy atom. The summed E-state index contributed by atoms with van der Waals surface area (Å²) in [5, 5.41) is 0. The van der Waals surface area contributed by atoms with Gasteiger partial charge in [0.25, 0.3) is 0 Å². The molecule has 0 bridgehead atoms. The molecule has 0 saturated heterocycles. The maximum Gasteiger partial charge on any atom is 0.339 e. The number of esters is 1. The van der Waals surface area contributed by atoms with Crippen molar-refractivity contribution in [1.29, 1.82) is 0 Å². The highest BCUT2D eigenvalue weighted by Crippen LogP contribution is 2.31. The quantitative estimate of drug-likeness (QED) is 0.679. The first-order valence-corrected chi connectivity index (χ1v) is 6.23. The third-order valence-corrected chi connectivity index (χ3v) is 3.48. The predicted octanol–water partition coefficient (Wildman–Crippen LogP) is 3.21. The zero-order chi connectivity index (χ0) is 13.0. The second-order valence-corrected chi connectivity index (χ2v) is 4.77. The Labute approximate surface area is 110 Å². The summed E-state index contributed by atoms with van der Waals surface area (Å²) in [5.41, 5.74) is 6.93. The van der Waals surface area contributed by atoms with Gasteiger partial charge in [-0.2, -0.15) is 0 Å². The molecular weight excluding hydrogens is 246 g/mol. The number of rotatable bonds is 3. The molecule has 0 aliphatic rings. The van der Waals surface area contributed by atoms with Crippen molar-refractivity contribution in [2.45, 2.75) is 9.79 Å². The normalized spacial score (nSPS) is 10.1. The van der Waals surface area contributed by atoms with E-state index < -0.39 is 0 Å². The first kappa shape index (κ1) is 12.5. The molecule has 3 nitrogen and oxygen atoms in total. The highest BCUT2D eigenvalue weighted by Gasteiger charge is 2.11. The summed E-state index contributed by atoms with van der Waals surface area (Å²) < 4.78 is 4.76. The van der Waals surface area contributed by atoms with Crippen LogP contribution in [0.2, 0.25) is 0 Å². The van der Waals surface area contributed by atoms with Crippen LogP contribution in [-0.4, -0.2) is 13.1 Å². The Morgan fingerprint density at radius 1 is 1.11 bits per heavy atom. The highest BCUT2D eigenvalue weighted by atomic mass is 32.2. The van der Waals surface area contributed by atoms with E-state index in [-0.39, 0.29) is 5.97 Å². The molecule has 92 valence electrons. The van der Waals surface area contributed by atoms with Gasteiger partial charge in [-0.1, -0.05) is 23.9 Å². The molecule has 0 saturated carbocycles. The van der Waals surface area contributed by atoms with E-state index in [1.165, 1.54) is 18.9 Å². The van der Waals surface area contributed by atoms with Crippen molar-refractivity contribution < 1.29 is 9.53 Å². The monoisotopic (exact) mass is 259 g/mol. The van der Waals surface area contributed by atoms with Crippen LogP contribution in [0.25, 0.3) is 0 Å². The van der Waals surface area contributed by atoms with E-state index in [1.807, 2.05) is 42.5 Å². The average molecular weight is 259 g/mol. The fourth-order valence-electron chi connectivity index (χ4n) is 1.50. The molecule has 0 fully saturated rings. The summed E-state index contributed by atoms with van der Waals surface area (Å²) in [5.74, 6) is -0.325. The van der Waals surface area contributed by atoms with E-state index in [0.29, 0.717) is 5.56 Å². The van der Waals surface area contributed by atoms with Crippen LogP contribution < -0.4 is 5.73 Å². The molecule has 0 radical (unpaired) electrons. The molecular formula is C14H13NO2S. The van der Waals surface area contributed by atoms with Crippen LogP contribution in [0.1, 0.15) is 10.4 Å². The number of carbonyl (C=O) groups is 1. The first-order valence-electron chi connectivity index (χ1n) is 5.41. The van der Waals surface area contributed by atoms with E-state index in [0.717, 1.165) is 15.5 Å². The van der Waals surface area contributed by atoms with Gasteiger partial charge >= 0.3 is 5.97 Å². The minimum absolute atomic E-state index is 0.325. The molecule has 0 atom stereocenters. The van der Waals surface area contributed by atoms with E-state index in [9.17, 15) is 4.79 Å². The molecule has 2 N–H and O–H groups in total. The van der Waals surface area contributed by atoms with Crippen molar-refractivity contribution in [3.63, 3.8) is 0 Å². The fraction of sp³-hybridized carbons (Fsp3) is 0.0714. The Balaban J connectivity index is 2.28. The van der Waals surface area contributed by atoms with Crippen molar-refractivity contribution in [3.8, 4) is 0 Å². The summed E-state index contributed by atoms with van der Waals surface area (Å²) >= 11 is 1.51. The standard InChI is InChI=1S/C14H13NO2S/c1-17-14(16)12-4-2-3-5-13(12)18-11-8-6-10(15)7-9-11/h2-9H,15H2,1H3. The molecule has 2 aromatic rings.